The van der Waals surface area contributed by atoms with Crippen molar-refractivity contribution in [1.29, 1.82) is 0 Å². The van der Waals surface area contributed by atoms with Crippen molar-refractivity contribution in [3.8, 4) is 5.75 Å². The molecule has 28 heavy (non-hydrogen) atoms. The number of rotatable bonds is 5. The largest absolute Gasteiger partial charge is 0.492 e. The van der Waals surface area contributed by atoms with Crippen molar-refractivity contribution in [2.75, 3.05) is 19.7 Å². The average molecular weight is 397 g/mol. The van der Waals surface area contributed by atoms with E-state index in [0.29, 0.717) is 10.9 Å². The van der Waals surface area contributed by atoms with E-state index in [2.05, 4.69) is 41.4 Å². The Kier molecular flexibility index (Phi) is 4.33. The fourth-order valence-corrected chi connectivity index (χ4v) is 4.88. The van der Waals surface area contributed by atoms with Gasteiger partial charge in [0.25, 0.3) is 0 Å². The van der Waals surface area contributed by atoms with Gasteiger partial charge in [-0.05, 0) is 55.0 Å². The second kappa shape index (κ2) is 6.75. The zero-order valence-electron chi connectivity index (χ0n) is 16.5. The first-order valence-corrected chi connectivity index (χ1v) is 10.3. The highest BCUT2D eigenvalue weighted by molar-refractivity contribution is 6.32. The Bertz CT molecular complexity index is 1030. The van der Waals surface area contributed by atoms with Crippen molar-refractivity contribution in [3.05, 3.63) is 52.6 Å². The van der Waals surface area contributed by atoms with Crippen LogP contribution in [-0.2, 0) is 13.6 Å². The van der Waals surface area contributed by atoms with Crippen molar-refractivity contribution >= 4 is 22.6 Å². The quantitative estimate of drug-likeness (QED) is 0.653. The van der Waals surface area contributed by atoms with E-state index in [1.165, 1.54) is 11.1 Å². The molecule has 0 radical (unpaired) electrons. The van der Waals surface area contributed by atoms with E-state index in [1.54, 1.807) is 0 Å². The van der Waals surface area contributed by atoms with Crippen LogP contribution in [0.3, 0.4) is 0 Å². The van der Waals surface area contributed by atoms with E-state index in [1.807, 2.05) is 24.5 Å². The molecule has 2 aromatic heterocycles. The lowest BCUT2D eigenvalue weighted by Gasteiger charge is -2.19. The zero-order chi connectivity index (χ0) is 19.4. The minimum absolute atomic E-state index is 0.651. The van der Waals surface area contributed by atoms with Gasteiger partial charge < -0.3 is 9.30 Å². The third-order valence-electron chi connectivity index (χ3n) is 6.57. The highest BCUT2D eigenvalue weighted by Gasteiger charge is 2.55. The number of imidazole rings is 1. The van der Waals surface area contributed by atoms with Gasteiger partial charge in [0.1, 0.15) is 17.1 Å². The monoisotopic (exact) mass is 396 g/mol. The Morgan fingerprint density at radius 3 is 2.68 bits per heavy atom. The topological polar surface area (TPSA) is 43.2 Å². The van der Waals surface area contributed by atoms with E-state index >= 15 is 0 Å². The van der Waals surface area contributed by atoms with Crippen LogP contribution in [0, 0.1) is 31.6 Å². The number of aromatic nitrogens is 3. The highest BCUT2D eigenvalue weighted by atomic mass is 35.5. The minimum atomic E-state index is 0.651. The van der Waals surface area contributed by atoms with Gasteiger partial charge in [-0.15, -0.1) is 0 Å². The van der Waals surface area contributed by atoms with Crippen LogP contribution in [0.2, 0.25) is 5.02 Å². The van der Waals surface area contributed by atoms with Gasteiger partial charge in [0.15, 0.2) is 0 Å². The fourth-order valence-electron chi connectivity index (χ4n) is 4.61. The molecule has 5 rings (SSSR count). The molecule has 1 unspecified atom stereocenters. The van der Waals surface area contributed by atoms with Gasteiger partial charge in [0.05, 0.1) is 29.9 Å². The third kappa shape index (κ3) is 3.07. The number of hydrogen-bond donors (Lipinski definition) is 0. The summed E-state index contributed by atoms with van der Waals surface area (Å²) >= 11 is 6.34. The molecule has 1 aliphatic heterocycles. The second-order valence-corrected chi connectivity index (χ2v) is 8.72. The molecule has 3 atom stereocenters. The van der Waals surface area contributed by atoms with Crippen LogP contribution >= 0.6 is 11.6 Å². The van der Waals surface area contributed by atoms with Crippen molar-refractivity contribution in [1.82, 2.24) is 19.4 Å². The summed E-state index contributed by atoms with van der Waals surface area (Å²) in [5, 5.41) is 0.715. The number of piperidine rings is 1. The molecule has 0 amide bonds. The molecule has 3 aromatic rings. The van der Waals surface area contributed by atoms with Crippen molar-refractivity contribution in [2.24, 2.45) is 24.8 Å². The van der Waals surface area contributed by atoms with E-state index in [9.17, 15) is 0 Å². The van der Waals surface area contributed by atoms with Crippen LogP contribution in [0.25, 0.3) is 11.0 Å². The first kappa shape index (κ1) is 18.0. The summed E-state index contributed by atoms with van der Waals surface area (Å²) in [5.41, 5.74) is 4.54. The molecular formula is C22H25ClN4O. The summed E-state index contributed by atoms with van der Waals surface area (Å²) in [6.07, 6.45) is 3.66. The van der Waals surface area contributed by atoms with Crippen LogP contribution in [0.15, 0.2) is 30.6 Å². The third-order valence-corrected chi connectivity index (χ3v) is 6.86. The Hall–Kier alpha value is -2.11. The van der Waals surface area contributed by atoms with Crippen LogP contribution in [-0.4, -0.2) is 39.1 Å². The van der Waals surface area contributed by atoms with Crippen molar-refractivity contribution in [3.63, 3.8) is 0 Å². The molecule has 2 fully saturated rings. The molecule has 1 aliphatic carbocycles. The Balaban J connectivity index is 1.17. The van der Waals surface area contributed by atoms with Gasteiger partial charge in [-0.1, -0.05) is 11.6 Å². The van der Waals surface area contributed by atoms with E-state index in [4.69, 9.17) is 21.3 Å². The predicted octanol–water partition coefficient (Wildman–Crippen LogP) is 4.00. The van der Waals surface area contributed by atoms with Gasteiger partial charge in [-0.3, -0.25) is 9.88 Å². The van der Waals surface area contributed by atoms with Crippen molar-refractivity contribution < 1.29 is 4.74 Å². The molecule has 1 saturated heterocycles. The summed E-state index contributed by atoms with van der Waals surface area (Å²) < 4.78 is 8.26. The molecule has 3 heterocycles. The fraction of sp³-hybridized carbons (Fsp3) is 0.455. The average Bonchev–Trinajstić information content (AvgIpc) is 2.99. The maximum Gasteiger partial charge on any atom is 0.138 e. The number of halogens is 1. The molecule has 1 saturated carbocycles. The molecule has 0 N–H and O–H groups in total. The SMILES string of the molecule is Cc1cc(Cl)c(OCC2[C@H]3CN(Cc4nc5cnccc5n4C)C[C@@H]23)cc1C. The van der Waals surface area contributed by atoms with Crippen LogP contribution in [0.1, 0.15) is 17.0 Å². The Morgan fingerprint density at radius 1 is 1.18 bits per heavy atom. The normalized spacial score (nSPS) is 23.9. The van der Waals surface area contributed by atoms with Crippen LogP contribution in [0.5, 0.6) is 5.75 Å². The summed E-state index contributed by atoms with van der Waals surface area (Å²) in [4.78, 5) is 11.4. The smallest absolute Gasteiger partial charge is 0.138 e. The standard InChI is InChI=1S/C22H25ClN4O/c1-13-6-18(23)21(7-14(13)2)28-12-17-15-9-27(10-16(15)17)11-22-25-19-8-24-5-4-20(19)26(22)3/h4-8,15-17H,9-12H2,1-3H3/t15-,16+,17?. The number of fused-ring (bicyclic) bond motifs is 2. The number of pyridine rings is 1. The van der Waals surface area contributed by atoms with Gasteiger partial charge in [-0.25, -0.2) is 4.98 Å². The summed E-state index contributed by atoms with van der Waals surface area (Å²) in [6, 6.07) is 6.08. The maximum atomic E-state index is 6.34. The molecule has 1 aromatic carbocycles. The Labute approximate surface area is 170 Å². The summed E-state index contributed by atoms with van der Waals surface area (Å²) in [5.74, 6) is 4.06. The molecular weight excluding hydrogens is 372 g/mol. The van der Waals surface area contributed by atoms with Crippen molar-refractivity contribution in [2.45, 2.75) is 20.4 Å². The molecule has 5 nitrogen and oxygen atoms in total. The lowest BCUT2D eigenvalue weighted by molar-refractivity contribution is 0.226. The number of hydrogen-bond acceptors (Lipinski definition) is 4. The molecule has 146 valence electrons. The van der Waals surface area contributed by atoms with E-state index < -0.39 is 0 Å². The number of ether oxygens (including phenoxy) is 1. The first-order valence-electron chi connectivity index (χ1n) is 9.88. The molecule has 2 aliphatic rings. The van der Waals surface area contributed by atoms with Crippen LogP contribution in [0.4, 0.5) is 0 Å². The molecule has 0 bridgehead atoms. The first-order chi connectivity index (χ1) is 13.5. The van der Waals surface area contributed by atoms with Gasteiger partial charge in [0, 0.05) is 32.3 Å². The zero-order valence-corrected chi connectivity index (χ0v) is 17.3. The predicted molar refractivity (Wildman–Crippen MR) is 111 cm³/mol. The maximum absolute atomic E-state index is 6.34. The summed E-state index contributed by atoms with van der Waals surface area (Å²) in [6.45, 7) is 8.09. The number of nitrogens with zero attached hydrogens (tertiary/aromatic N) is 4. The number of aryl methyl sites for hydroxylation is 3. The number of likely N-dealkylation sites (tertiary alicyclic amines) is 1. The van der Waals surface area contributed by atoms with Gasteiger partial charge >= 0.3 is 0 Å². The summed E-state index contributed by atoms with van der Waals surface area (Å²) in [7, 11) is 2.09. The number of benzene rings is 1. The molecule has 6 heteroatoms. The Morgan fingerprint density at radius 2 is 1.93 bits per heavy atom. The second-order valence-electron chi connectivity index (χ2n) is 8.31. The minimum Gasteiger partial charge on any atom is -0.492 e. The van der Waals surface area contributed by atoms with Gasteiger partial charge in [-0.2, -0.15) is 0 Å². The highest BCUT2D eigenvalue weighted by Crippen LogP contribution is 2.52. The molecule has 0 spiro atoms. The van der Waals surface area contributed by atoms with Crippen LogP contribution < -0.4 is 4.74 Å². The van der Waals surface area contributed by atoms with Gasteiger partial charge in [0.2, 0.25) is 0 Å². The lowest BCUT2D eigenvalue weighted by Crippen LogP contribution is -2.26. The van der Waals surface area contributed by atoms with E-state index in [0.717, 1.165) is 60.7 Å². The van der Waals surface area contributed by atoms with E-state index in [-0.39, 0.29) is 0 Å². The lowest BCUT2D eigenvalue weighted by atomic mass is 10.1.